The molecule has 2 rings (SSSR count). The molecule has 0 saturated carbocycles. The molecule has 0 amide bonds. The van der Waals surface area contributed by atoms with Crippen LogP contribution in [-0.2, 0) is 0 Å². The third-order valence-electron chi connectivity index (χ3n) is 3.58. The Hall–Kier alpha value is -0.610. The quantitative estimate of drug-likeness (QED) is 0.805. The maximum Gasteiger partial charge on any atom is 0.134 e. The van der Waals surface area contributed by atoms with E-state index in [1.54, 1.807) is 6.07 Å². The van der Waals surface area contributed by atoms with Crippen LogP contribution in [0.2, 0.25) is 0 Å². The summed E-state index contributed by atoms with van der Waals surface area (Å²) in [5, 5.41) is 0. The molecule has 0 aliphatic carbocycles. The van der Waals surface area contributed by atoms with Gasteiger partial charge in [-0.1, -0.05) is 0 Å². The molecule has 4 heteroatoms. The van der Waals surface area contributed by atoms with Crippen LogP contribution in [0.1, 0.15) is 33.6 Å². The van der Waals surface area contributed by atoms with Crippen molar-refractivity contribution in [2.75, 3.05) is 13.1 Å². The van der Waals surface area contributed by atoms with Crippen molar-refractivity contribution in [3.05, 3.63) is 28.5 Å². The molecule has 1 saturated heterocycles. The highest BCUT2D eigenvalue weighted by Gasteiger charge is 2.27. The van der Waals surface area contributed by atoms with Crippen molar-refractivity contribution in [1.82, 2.24) is 4.90 Å². The average Bonchev–Trinajstić information content (AvgIpc) is 2.32. The van der Waals surface area contributed by atoms with E-state index in [1.807, 2.05) is 0 Å². The number of ether oxygens (including phenoxy) is 1. The molecule has 1 heterocycles. The van der Waals surface area contributed by atoms with Crippen LogP contribution < -0.4 is 4.74 Å². The lowest BCUT2D eigenvalue weighted by atomic mass is 9.99. The standard InChI is InChI=1S/C15H21BrFNO/c1-15(2,3)18-8-6-12(7-9-18)19-14-5-4-11(17)10-13(14)16/h4-5,10,12H,6-9H2,1-3H3. The summed E-state index contributed by atoms with van der Waals surface area (Å²) in [6.45, 7) is 8.82. The topological polar surface area (TPSA) is 12.5 Å². The first-order chi connectivity index (χ1) is 8.86. The predicted octanol–water partition coefficient (Wildman–Crippen LogP) is 4.23. The molecule has 0 spiro atoms. The lowest BCUT2D eigenvalue weighted by molar-refractivity contribution is 0.0488. The molecule has 0 N–H and O–H groups in total. The Labute approximate surface area is 123 Å². The number of piperidine rings is 1. The maximum absolute atomic E-state index is 13.0. The van der Waals surface area contributed by atoms with Crippen LogP contribution >= 0.6 is 15.9 Å². The molecule has 2 nitrogen and oxygen atoms in total. The number of rotatable bonds is 2. The number of nitrogens with zero attached hydrogens (tertiary/aromatic N) is 1. The Morgan fingerprint density at radius 1 is 1.26 bits per heavy atom. The number of hydrogen-bond acceptors (Lipinski definition) is 2. The minimum Gasteiger partial charge on any atom is -0.489 e. The van der Waals surface area contributed by atoms with E-state index in [1.165, 1.54) is 12.1 Å². The highest BCUT2D eigenvalue weighted by Crippen LogP contribution is 2.29. The van der Waals surface area contributed by atoms with Crippen LogP contribution in [0.4, 0.5) is 4.39 Å². The summed E-state index contributed by atoms with van der Waals surface area (Å²) in [5.41, 5.74) is 0.224. The SMILES string of the molecule is CC(C)(C)N1CCC(Oc2ccc(F)cc2Br)CC1. The summed E-state index contributed by atoms with van der Waals surface area (Å²) < 4.78 is 19.7. The molecular formula is C15H21BrFNO. The van der Waals surface area contributed by atoms with Gasteiger partial charge in [0.2, 0.25) is 0 Å². The number of likely N-dealkylation sites (tertiary alicyclic amines) is 1. The minimum atomic E-state index is -0.248. The zero-order valence-electron chi connectivity index (χ0n) is 11.7. The lowest BCUT2D eigenvalue weighted by Crippen LogP contribution is -2.48. The third-order valence-corrected chi connectivity index (χ3v) is 4.20. The second-order valence-electron chi connectivity index (χ2n) is 6.05. The molecule has 1 aliphatic heterocycles. The fourth-order valence-corrected chi connectivity index (χ4v) is 2.84. The van der Waals surface area contributed by atoms with E-state index in [0.717, 1.165) is 31.7 Å². The van der Waals surface area contributed by atoms with Gasteiger partial charge < -0.3 is 4.74 Å². The summed E-state index contributed by atoms with van der Waals surface area (Å²) in [7, 11) is 0. The fourth-order valence-electron chi connectivity index (χ4n) is 2.39. The first-order valence-corrected chi connectivity index (χ1v) is 7.52. The van der Waals surface area contributed by atoms with E-state index in [4.69, 9.17) is 4.74 Å². The van der Waals surface area contributed by atoms with Crippen molar-refractivity contribution in [2.45, 2.75) is 45.3 Å². The van der Waals surface area contributed by atoms with Gasteiger partial charge in [-0.3, -0.25) is 4.90 Å². The summed E-state index contributed by atoms with van der Waals surface area (Å²) in [6.07, 6.45) is 2.25. The van der Waals surface area contributed by atoms with Crippen molar-refractivity contribution in [3.8, 4) is 5.75 Å². The van der Waals surface area contributed by atoms with E-state index < -0.39 is 0 Å². The molecule has 1 aromatic carbocycles. The third kappa shape index (κ3) is 3.93. The number of halogens is 2. The van der Waals surface area contributed by atoms with E-state index in [0.29, 0.717) is 4.47 Å². The van der Waals surface area contributed by atoms with Gasteiger partial charge in [-0.25, -0.2) is 4.39 Å². The Morgan fingerprint density at radius 3 is 2.42 bits per heavy atom. The van der Waals surface area contributed by atoms with Crippen LogP contribution in [0.3, 0.4) is 0 Å². The van der Waals surface area contributed by atoms with Crippen LogP contribution in [-0.4, -0.2) is 29.6 Å². The first kappa shape index (κ1) is 14.8. The van der Waals surface area contributed by atoms with Gasteiger partial charge in [-0.05, 0) is 67.7 Å². The van der Waals surface area contributed by atoms with Gasteiger partial charge in [0.15, 0.2) is 0 Å². The summed E-state index contributed by atoms with van der Waals surface area (Å²) in [6, 6.07) is 4.57. The molecule has 1 aliphatic rings. The molecule has 0 atom stereocenters. The number of benzene rings is 1. The maximum atomic E-state index is 13.0. The van der Waals surface area contributed by atoms with Gasteiger partial charge >= 0.3 is 0 Å². The largest absolute Gasteiger partial charge is 0.489 e. The van der Waals surface area contributed by atoms with E-state index in [-0.39, 0.29) is 17.5 Å². The first-order valence-electron chi connectivity index (χ1n) is 6.73. The van der Waals surface area contributed by atoms with Gasteiger partial charge in [0.05, 0.1) is 4.47 Å². The minimum absolute atomic E-state index is 0.223. The smallest absolute Gasteiger partial charge is 0.134 e. The molecule has 1 fully saturated rings. The Kier molecular flexibility index (Phi) is 4.51. The Morgan fingerprint density at radius 2 is 1.89 bits per heavy atom. The van der Waals surface area contributed by atoms with Crippen LogP contribution in [0, 0.1) is 5.82 Å². The second-order valence-corrected chi connectivity index (χ2v) is 6.90. The zero-order chi connectivity index (χ0) is 14.0. The monoisotopic (exact) mass is 329 g/mol. The van der Waals surface area contributed by atoms with Crippen LogP contribution in [0.25, 0.3) is 0 Å². The van der Waals surface area contributed by atoms with Gasteiger partial charge in [-0.15, -0.1) is 0 Å². The van der Waals surface area contributed by atoms with Crippen LogP contribution in [0.15, 0.2) is 22.7 Å². The molecular weight excluding hydrogens is 309 g/mol. The highest BCUT2D eigenvalue weighted by molar-refractivity contribution is 9.10. The zero-order valence-corrected chi connectivity index (χ0v) is 13.3. The second kappa shape index (κ2) is 5.80. The van der Waals surface area contributed by atoms with Crippen molar-refractivity contribution in [3.63, 3.8) is 0 Å². The van der Waals surface area contributed by atoms with Gasteiger partial charge in [0, 0.05) is 18.6 Å². The van der Waals surface area contributed by atoms with E-state index in [2.05, 4.69) is 41.6 Å². The molecule has 0 radical (unpaired) electrons. The highest BCUT2D eigenvalue weighted by atomic mass is 79.9. The van der Waals surface area contributed by atoms with Crippen molar-refractivity contribution in [1.29, 1.82) is 0 Å². The molecule has 0 bridgehead atoms. The summed E-state index contributed by atoms with van der Waals surface area (Å²) in [4.78, 5) is 2.48. The average molecular weight is 330 g/mol. The molecule has 19 heavy (non-hydrogen) atoms. The predicted molar refractivity (Wildman–Crippen MR) is 79.1 cm³/mol. The van der Waals surface area contributed by atoms with E-state index >= 15 is 0 Å². The lowest BCUT2D eigenvalue weighted by Gasteiger charge is -2.40. The Bertz CT molecular complexity index is 436. The molecule has 0 aromatic heterocycles. The molecule has 0 unspecified atom stereocenters. The van der Waals surface area contributed by atoms with Gasteiger partial charge in [-0.2, -0.15) is 0 Å². The summed E-state index contributed by atoms with van der Waals surface area (Å²) >= 11 is 3.34. The van der Waals surface area contributed by atoms with Crippen molar-refractivity contribution in [2.24, 2.45) is 0 Å². The van der Waals surface area contributed by atoms with Crippen molar-refractivity contribution < 1.29 is 9.13 Å². The summed E-state index contributed by atoms with van der Waals surface area (Å²) in [5.74, 6) is 0.484. The Balaban J connectivity index is 1.92. The molecule has 1 aromatic rings. The molecule has 106 valence electrons. The number of hydrogen-bond donors (Lipinski definition) is 0. The fraction of sp³-hybridized carbons (Fsp3) is 0.600. The van der Waals surface area contributed by atoms with Crippen LogP contribution in [0.5, 0.6) is 5.75 Å². The van der Waals surface area contributed by atoms with Crippen molar-refractivity contribution >= 4 is 15.9 Å². The van der Waals surface area contributed by atoms with E-state index in [9.17, 15) is 4.39 Å². The van der Waals surface area contributed by atoms with Gasteiger partial charge in [0.1, 0.15) is 17.7 Å². The normalized spacial score (nSPS) is 18.6. The van der Waals surface area contributed by atoms with Gasteiger partial charge in [0.25, 0.3) is 0 Å².